The molecular weight excluding hydrogens is 237 g/mol. The molecule has 0 bridgehead atoms. The molecule has 0 aliphatic carbocycles. The van der Waals surface area contributed by atoms with Crippen molar-refractivity contribution in [1.29, 1.82) is 0 Å². The van der Waals surface area contributed by atoms with Crippen molar-refractivity contribution < 1.29 is 4.39 Å². The van der Waals surface area contributed by atoms with E-state index in [0.717, 1.165) is 5.56 Å². The quantitative estimate of drug-likeness (QED) is 0.731. The lowest BCUT2D eigenvalue weighted by atomic mass is 10.1. The van der Waals surface area contributed by atoms with E-state index < -0.39 is 0 Å². The summed E-state index contributed by atoms with van der Waals surface area (Å²) >= 11 is 0. The number of nitrogens with one attached hydrogen (secondary N) is 1. The number of nitrogens with zero attached hydrogens (tertiary/aromatic N) is 1. The number of nitrogens with two attached hydrogens (primary N) is 1. The van der Waals surface area contributed by atoms with Gasteiger partial charge in [-0.2, -0.15) is 0 Å². The predicted octanol–water partition coefficient (Wildman–Crippen LogP) is 1.64. The van der Waals surface area contributed by atoms with Crippen molar-refractivity contribution in [2.24, 2.45) is 10.7 Å². The van der Waals surface area contributed by atoms with Crippen molar-refractivity contribution in [2.45, 2.75) is 6.54 Å². The molecule has 70 valence electrons. The minimum absolute atomic E-state index is 0. The minimum Gasteiger partial charge on any atom is -0.370 e. The monoisotopic (exact) mass is 245 g/mol. The van der Waals surface area contributed by atoms with Crippen LogP contribution in [0.5, 0.6) is 0 Å². The van der Waals surface area contributed by atoms with Crippen LogP contribution < -0.4 is 11.1 Å². The number of guanidine groups is 1. The fourth-order valence-corrected chi connectivity index (χ4v) is 1.15. The Hall–Kier alpha value is -1.10. The number of fused-ring (bicyclic) bond motifs is 1. The van der Waals surface area contributed by atoms with Crippen LogP contribution in [0, 0.1) is 5.82 Å². The Balaban J connectivity index is 0.000000845. The number of anilines is 1. The highest BCUT2D eigenvalue weighted by Crippen LogP contribution is 2.20. The number of aliphatic imine (C=N–C) groups is 1. The van der Waals surface area contributed by atoms with E-state index in [0.29, 0.717) is 18.2 Å². The van der Waals surface area contributed by atoms with Crippen molar-refractivity contribution in [3.63, 3.8) is 0 Å². The number of benzene rings is 1. The van der Waals surface area contributed by atoms with Crippen molar-refractivity contribution in [2.75, 3.05) is 5.32 Å². The molecule has 5 heteroatoms. The topological polar surface area (TPSA) is 50.4 Å². The van der Waals surface area contributed by atoms with Gasteiger partial charge in [-0.25, -0.2) is 9.38 Å². The normalized spacial score (nSPS) is 13.5. The summed E-state index contributed by atoms with van der Waals surface area (Å²) < 4.78 is 12.7. The van der Waals surface area contributed by atoms with Gasteiger partial charge in [0.25, 0.3) is 0 Å². The second-order valence-corrected chi connectivity index (χ2v) is 2.63. The summed E-state index contributed by atoms with van der Waals surface area (Å²) in [5, 5.41) is 2.79. The van der Waals surface area contributed by atoms with Gasteiger partial charge < -0.3 is 11.1 Å². The maximum absolute atomic E-state index is 12.7. The molecule has 0 atom stereocenters. The van der Waals surface area contributed by atoms with Crippen molar-refractivity contribution in [1.82, 2.24) is 0 Å². The van der Waals surface area contributed by atoms with Crippen LogP contribution in [0.15, 0.2) is 23.2 Å². The van der Waals surface area contributed by atoms with Gasteiger partial charge in [0.15, 0.2) is 5.96 Å². The van der Waals surface area contributed by atoms with E-state index >= 15 is 0 Å². The second-order valence-electron chi connectivity index (χ2n) is 2.63. The Kier molecular flexibility index (Phi) is 2.87. The fraction of sp³-hybridized carbons (Fsp3) is 0.125. The lowest BCUT2D eigenvalue weighted by molar-refractivity contribution is 0.627. The highest BCUT2D eigenvalue weighted by molar-refractivity contribution is 8.93. The number of hydrogen-bond acceptors (Lipinski definition) is 3. The van der Waals surface area contributed by atoms with E-state index in [2.05, 4.69) is 10.3 Å². The van der Waals surface area contributed by atoms with Crippen LogP contribution >= 0.6 is 17.0 Å². The zero-order chi connectivity index (χ0) is 8.55. The Labute approximate surface area is 85.6 Å². The van der Waals surface area contributed by atoms with Crippen LogP contribution in [0.25, 0.3) is 0 Å². The molecular formula is C8H9BrFN3. The second kappa shape index (κ2) is 3.74. The molecule has 1 aromatic rings. The first-order valence-corrected chi connectivity index (χ1v) is 3.61. The summed E-state index contributed by atoms with van der Waals surface area (Å²) in [7, 11) is 0. The van der Waals surface area contributed by atoms with Gasteiger partial charge in [0.2, 0.25) is 0 Å². The third-order valence-electron chi connectivity index (χ3n) is 1.75. The zero-order valence-electron chi connectivity index (χ0n) is 6.75. The molecule has 2 rings (SSSR count). The van der Waals surface area contributed by atoms with Crippen molar-refractivity contribution in [3.8, 4) is 0 Å². The van der Waals surface area contributed by atoms with Gasteiger partial charge in [-0.05, 0) is 17.7 Å². The zero-order valence-corrected chi connectivity index (χ0v) is 8.46. The molecule has 0 saturated carbocycles. The molecule has 0 aromatic heterocycles. The third-order valence-corrected chi connectivity index (χ3v) is 1.75. The van der Waals surface area contributed by atoms with E-state index in [4.69, 9.17) is 5.73 Å². The van der Waals surface area contributed by atoms with E-state index in [1.165, 1.54) is 12.1 Å². The van der Waals surface area contributed by atoms with E-state index in [9.17, 15) is 4.39 Å². The van der Waals surface area contributed by atoms with Gasteiger partial charge in [0.1, 0.15) is 5.82 Å². The van der Waals surface area contributed by atoms with Crippen molar-refractivity contribution in [3.05, 3.63) is 29.6 Å². The van der Waals surface area contributed by atoms with Crippen LogP contribution in [-0.4, -0.2) is 5.96 Å². The van der Waals surface area contributed by atoms with Gasteiger partial charge in [-0.1, -0.05) is 6.07 Å². The molecule has 0 radical (unpaired) electrons. The molecule has 1 heterocycles. The largest absolute Gasteiger partial charge is 0.370 e. The molecule has 13 heavy (non-hydrogen) atoms. The predicted molar refractivity (Wildman–Crippen MR) is 55.7 cm³/mol. The summed E-state index contributed by atoms with van der Waals surface area (Å²) in [6, 6.07) is 4.53. The van der Waals surface area contributed by atoms with Crippen LogP contribution in [-0.2, 0) is 6.54 Å². The van der Waals surface area contributed by atoms with Gasteiger partial charge in [-0.3, -0.25) is 0 Å². The standard InChI is InChI=1S/C8H8FN3.BrH/c9-6-2-1-5-4-11-8(10)12-7(5)3-6;/h1-3H,4H2,(H3,10,11,12);1H. The smallest absolute Gasteiger partial charge is 0.193 e. The van der Waals surface area contributed by atoms with Crippen LogP contribution in [0.3, 0.4) is 0 Å². The molecule has 0 unspecified atom stereocenters. The Morgan fingerprint density at radius 3 is 3.00 bits per heavy atom. The van der Waals surface area contributed by atoms with E-state index in [-0.39, 0.29) is 22.8 Å². The van der Waals surface area contributed by atoms with Gasteiger partial charge >= 0.3 is 0 Å². The first-order valence-electron chi connectivity index (χ1n) is 3.61. The average Bonchev–Trinajstić information content (AvgIpc) is 2.03. The Morgan fingerprint density at radius 1 is 1.46 bits per heavy atom. The summed E-state index contributed by atoms with van der Waals surface area (Å²) in [5.74, 6) is 0.0732. The molecule has 1 aliphatic heterocycles. The molecule has 0 fully saturated rings. The molecule has 0 saturated heterocycles. The van der Waals surface area contributed by atoms with Crippen LogP contribution in [0.1, 0.15) is 5.56 Å². The minimum atomic E-state index is -0.268. The summed E-state index contributed by atoms with van der Waals surface area (Å²) in [4.78, 5) is 3.96. The molecule has 3 N–H and O–H groups in total. The summed E-state index contributed by atoms with van der Waals surface area (Å²) in [6.45, 7) is 0.522. The fourth-order valence-electron chi connectivity index (χ4n) is 1.15. The van der Waals surface area contributed by atoms with Crippen molar-refractivity contribution >= 4 is 28.6 Å². The summed E-state index contributed by atoms with van der Waals surface area (Å²) in [6.07, 6.45) is 0. The lowest BCUT2D eigenvalue weighted by Crippen LogP contribution is -2.26. The first kappa shape index (κ1) is 9.98. The number of hydrogen-bond donors (Lipinski definition) is 2. The molecule has 1 aromatic carbocycles. The van der Waals surface area contributed by atoms with Gasteiger partial charge in [0.05, 0.1) is 6.54 Å². The van der Waals surface area contributed by atoms with Crippen LogP contribution in [0.2, 0.25) is 0 Å². The first-order chi connectivity index (χ1) is 5.75. The Bertz CT molecular complexity index is 351. The van der Waals surface area contributed by atoms with Gasteiger partial charge in [-0.15, -0.1) is 17.0 Å². The molecule has 1 aliphatic rings. The van der Waals surface area contributed by atoms with E-state index in [1.807, 2.05) is 0 Å². The van der Waals surface area contributed by atoms with Crippen LogP contribution in [0.4, 0.5) is 10.1 Å². The highest BCUT2D eigenvalue weighted by Gasteiger charge is 2.08. The molecule has 3 nitrogen and oxygen atoms in total. The highest BCUT2D eigenvalue weighted by atomic mass is 79.9. The maximum Gasteiger partial charge on any atom is 0.193 e. The third kappa shape index (κ3) is 1.98. The molecule has 0 spiro atoms. The number of rotatable bonds is 0. The molecule has 0 amide bonds. The maximum atomic E-state index is 12.7. The number of halogens is 2. The van der Waals surface area contributed by atoms with E-state index in [1.54, 1.807) is 6.07 Å². The van der Waals surface area contributed by atoms with Gasteiger partial charge in [0, 0.05) is 5.69 Å². The lowest BCUT2D eigenvalue weighted by Gasteiger charge is -2.14. The average molecular weight is 246 g/mol. The Morgan fingerprint density at radius 2 is 2.23 bits per heavy atom. The summed E-state index contributed by atoms with van der Waals surface area (Å²) in [5.41, 5.74) is 7.09. The SMILES string of the molecule is Br.NC1=NCc2ccc(F)cc2N1.